The molecule has 33 heavy (non-hydrogen) atoms. The highest BCUT2D eigenvalue weighted by Crippen LogP contribution is 2.23. The van der Waals surface area contributed by atoms with Gasteiger partial charge in [0.2, 0.25) is 11.8 Å². The minimum atomic E-state index is -0.755. The van der Waals surface area contributed by atoms with E-state index >= 15 is 0 Å². The van der Waals surface area contributed by atoms with Crippen molar-refractivity contribution in [2.24, 2.45) is 5.73 Å². The Labute approximate surface area is 195 Å². The molecule has 0 aliphatic rings. The van der Waals surface area contributed by atoms with Gasteiger partial charge in [0.25, 0.3) is 0 Å². The zero-order valence-corrected chi connectivity index (χ0v) is 19.9. The van der Waals surface area contributed by atoms with Crippen molar-refractivity contribution in [3.05, 3.63) is 59.7 Å². The highest BCUT2D eigenvalue weighted by Gasteiger charge is 2.25. The number of nitrogens with zero attached hydrogens (tertiary/aromatic N) is 1. The third kappa shape index (κ3) is 9.22. The average Bonchev–Trinajstić information content (AvgIpc) is 2.72. The van der Waals surface area contributed by atoms with Crippen molar-refractivity contribution in [2.45, 2.75) is 51.7 Å². The summed E-state index contributed by atoms with van der Waals surface area (Å²) in [6, 6.07) is 14.0. The Hall–Kier alpha value is -3.55. The molecule has 0 saturated heterocycles. The summed E-state index contributed by atoms with van der Waals surface area (Å²) in [6.07, 6.45) is 0.573. The maximum absolute atomic E-state index is 12.6. The number of primary amides is 1. The van der Waals surface area contributed by atoms with Crippen molar-refractivity contribution in [2.75, 3.05) is 14.1 Å². The van der Waals surface area contributed by atoms with Gasteiger partial charge in [-0.05, 0) is 62.6 Å². The van der Waals surface area contributed by atoms with Crippen LogP contribution in [0.4, 0.5) is 4.79 Å². The molecule has 2 rings (SSSR count). The zero-order valence-electron chi connectivity index (χ0n) is 19.9. The number of benzene rings is 2. The van der Waals surface area contributed by atoms with Crippen molar-refractivity contribution in [3.8, 4) is 11.5 Å². The lowest BCUT2D eigenvalue weighted by atomic mass is 10.0. The third-order valence-electron chi connectivity index (χ3n) is 4.61. The van der Waals surface area contributed by atoms with E-state index in [1.165, 1.54) is 4.90 Å². The van der Waals surface area contributed by atoms with Crippen LogP contribution in [0.5, 0.6) is 11.5 Å². The number of rotatable bonds is 9. The lowest BCUT2D eigenvalue weighted by Gasteiger charge is -2.25. The molecular weight excluding hydrogens is 422 g/mol. The van der Waals surface area contributed by atoms with Gasteiger partial charge >= 0.3 is 6.09 Å². The average molecular weight is 456 g/mol. The van der Waals surface area contributed by atoms with E-state index in [1.807, 2.05) is 36.4 Å². The first-order chi connectivity index (χ1) is 15.4. The first-order valence-corrected chi connectivity index (χ1v) is 10.8. The van der Waals surface area contributed by atoms with Crippen LogP contribution in [0.3, 0.4) is 0 Å². The van der Waals surface area contributed by atoms with Crippen LogP contribution >= 0.6 is 0 Å². The smallest absolute Gasteiger partial charge is 0.408 e. The van der Waals surface area contributed by atoms with Gasteiger partial charge in [0.15, 0.2) is 0 Å². The summed E-state index contributed by atoms with van der Waals surface area (Å²) < 4.78 is 11.2. The number of ether oxygens (including phenoxy) is 2. The largest absolute Gasteiger partial charge is 0.457 e. The second kappa shape index (κ2) is 11.4. The maximum Gasteiger partial charge on any atom is 0.408 e. The fraction of sp³-hybridized carbons (Fsp3) is 0.400. The monoisotopic (exact) mass is 455 g/mol. The second-order valence-corrected chi connectivity index (χ2v) is 8.99. The molecule has 0 saturated carbocycles. The van der Waals surface area contributed by atoms with Gasteiger partial charge in [-0.2, -0.15) is 0 Å². The van der Waals surface area contributed by atoms with Crippen LogP contribution < -0.4 is 15.8 Å². The number of hydrogen-bond donors (Lipinski definition) is 2. The highest BCUT2D eigenvalue weighted by atomic mass is 16.6. The molecule has 2 aromatic rings. The number of carbonyl (C=O) groups is 3. The molecule has 8 nitrogen and oxygen atoms in total. The topological polar surface area (TPSA) is 111 Å². The molecule has 1 atom stereocenters. The van der Waals surface area contributed by atoms with Crippen LogP contribution in [0.25, 0.3) is 0 Å². The fourth-order valence-electron chi connectivity index (χ4n) is 3.02. The Morgan fingerprint density at radius 3 is 1.91 bits per heavy atom. The zero-order chi connectivity index (χ0) is 24.6. The minimum Gasteiger partial charge on any atom is -0.457 e. The van der Waals surface area contributed by atoms with Gasteiger partial charge < -0.3 is 25.4 Å². The standard InChI is InChI=1S/C25H33N3O5/c1-25(2,3)33-24(31)27-21(23(30)28(4)5)16-18-8-13-20(14-9-18)32-19-11-6-17(7-12-19)10-15-22(26)29/h6-9,11-14,21H,10,15-16H2,1-5H3,(H2,26,29)(H,27,31)/t21-/m0/s1. The highest BCUT2D eigenvalue weighted by molar-refractivity contribution is 5.85. The number of carbonyl (C=O) groups excluding carboxylic acids is 3. The summed E-state index contributed by atoms with van der Waals surface area (Å²) >= 11 is 0. The second-order valence-electron chi connectivity index (χ2n) is 8.99. The molecule has 178 valence electrons. The summed E-state index contributed by atoms with van der Waals surface area (Å²) in [7, 11) is 3.28. The molecule has 3 N–H and O–H groups in total. The summed E-state index contributed by atoms with van der Waals surface area (Å²) in [6.45, 7) is 5.30. The molecular formula is C25H33N3O5. The van der Waals surface area contributed by atoms with E-state index in [1.54, 1.807) is 47.0 Å². The van der Waals surface area contributed by atoms with E-state index in [0.717, 1.165) is 11.1 Å². The normalized spacial score (nSPS) is 11.9. The van der Waals surface area contributed by atoms with Gasteiger partial charge in [0, 0.05) is 26.9 Å². The summed E-state index contributed by atoms with van der Waals surface area (Å²) in [5.74, 6) is 0.751. The van der Waals surface area contributed by atoms with Gasteiger partial charge in [-0.15, -0.1) is 0 Å². The summed E-state index contributed by atoms with van der Waals surface area (Å²) in [4.78, 5) is 37.1. The SMILES string of the molecule is CN(C)C(=O)[C@H](Cc1ccc(Oc2ccc(CCC(N)=O)cc2)cc1)NC(=O)OC(C)(C)C. The van der Waals surface area contributed by atoms with Crippen molar-refractivity contribution in [1.82, 2.24) is 10.2 Å². The van der Waals surface area contributed by atoms with E-state index in [0.29, 0.717) is 30.8 Å². The number of aryl methyl sites for hydroxylation is 1. The van der Waals surface area contributed by atoms with Gasteiger partial charge in [-0.3, -0.25) is 9.59 Å². The van der Waals surface area contributed by atoms with Crippen molar-refractivity contribution >= 4 is 17.9 Å². The number of likely N-dealkylation sites (N-methyl/N-ethyl adjacent to an activating group) is 1. The van der Waals surface area contributed by atoms with E-state index in [4.69, 9.17) is 15.2 Å². The predicted molar refractivity (Wildman–Crippen MR) is 126 cm³/mol. The lowest BCUT2D eigenvalue weighted by Crippen LogP contribution is -2.48. The Morgan fingerprint density at radius 1 is 0.939 bits per heavy atom. The summed E-state index contributed by atoms with van der Waals surface area (Å²) in [5.41, 5.74) is 6.39. The quantitative estimate of drug-likeness (QED) is 0.602. The van der Waals surface area contributed by atoms with Gasteiger partial charge in [-0.25, -0.2) is 4.79 Å². The van der Waals surface area contributed by atoms with Gasteiger partial charge in [0.05, 0.1) is 0 Å². The van der Waals surface area contributed by atoms with Crippen molar-refractivity contribution in [3.63, 3.8) is 0 Å². The molecule has 2 aromatic carbocycles. The Bertz CT molecular complexity index is 948. The molecule has 3 amide bonds. The molecule has 0 aromatic heterocycles. The van der Waals surface area contributed by atoms with Crippen LogP contribution in [-0.2, 0) is 27.2 Å². The number of nitrogens with one attached hydrogen (secondary N) is 1. The van der Waals surface area contributed by atoms with E-state index in [-0.39, 0.29) is 11.8 Å². The lowest BCUT2D eigenvalue weighted by molar-refractivity contribution is -0.130. The third-order valence-corrected chi connectivity index (χ3v) is 4.61. The van der Waals surface area contributed by atoms with E-state index in [2.05, 4.69) is 5.32 Å². The molecule has 0 spiro atoms. The van der Waals surface area contributed by atoms with E-state index in [9.17, 15) is 14.4 Å². The molecule has 0 radical (unpaired) electrons. The number of hydrogen-bond acceptors (Lipinski definition) is 5. The first-order valence-electron chi connectivity index (χ1n) is 10.8. The molecule has 0 heterocycles. The van der Waals surface area contributed by atoms with Crippen LogP contribution in [0.1, 0.15) is 38.3 Å². The Morgan fingerprint density at radius 2 is 1.45 bits per heavy atom. The van der Waals surface area contributed by atoms with Crippen molar-refractivity contribution < 1.29 is 23.9 Å². The Balaban J connectivity index is 2.01. The fourth-order valence-corrected chi connectivity index (χ4v) is 3.02. The molecule has 0 aliphatic heterocycles. The van der Waals surface area contributed by atoms with Gasteiger partial charge in [0.1, 0.15) is 23.1 Å². The molecule has 0 aliphatic carbocycles. The first kappa shape index (κ1) is 25.7. The molecule has 8 heteroatoms. The van der Waals surface area contributed by atoms with Crippen LogP contribution in [0.15, 0.2) is 48.5 Å². The maximum atomic E-state index is 12.6. The molecule has 0 unspecified atom stereocenters. The predicted octanol–water partition coefficient (Wildman–Crippen LogP) is 3.42. The minimum absolute atomic E-state index is 0.224. The van der Waals surface area contributed by atoms with Crippen LogP contribution in [-0.4, -0.2) is 48.5 Å². The molecule has 0 fully saturated rings. The summed E-state index contributed by atoms with van der Waals surface area (Å²) in [5, 5.41) is 2.67. The molecule has 0 bridgehead atoms. The number of alkyl carbamates (subject to hydrolysis) is 1. The van der Waals surface area contributed by atoms with Gasteiger partial charge in [-0.1, -0.05) is 24.3 Å². The van der Waals surface area contributed by atoms with Crippen LogP contribution in [0.2, 0.25) is 0 Å². The number of nitrogens with two attached hydrogens (primary N) is 1. The van der Waals surface area contributed by atoms with Crippen LogP contribution in [0, 0.1) is 0 Å². The van der Waals surface area contributed by atoms with E-state index < -0.39 is 17.7 Å². The number of amides is 3. The Kier molecular flexibility index (Phi) is 8.85. The van der Waals surface area contributed by atoms with Crippen molar-refractivity contribution in [1.29, 1.82) is 0 Å².